The fraction of sp³-hybridized carbons (Fsp3) is 0.233. The SMILES string of the molecule is COc1ccc2nc(N3C(=O)C(=O)C(=C(O)c4ccc(OC)c(C)c4)[C@@H]3c3ccc(C(C)C)cc3)sc2c1. The lowest BCUT2D eigenvalue weighted by Crippen LogP contribution is -2.29. The lowest BCUT2D eigenvalue weighted by Gasteiger charge is -2.23. The molecule has 4 aromatic rings. The molecule has 0 unspecified atom stereocenters. The molecule has 0 saturated carbocycles. The van der Waals surface area contributed by atoms with Crippen molar-refractivity contribution < 1.29 is 24.2 Å². The second-order valence-electron chi connectivity index (χ2n) is 9.50. The van der Waals surface area contributed by atoms with Gasteiger partial charge in [0.15, 0.2) is 5.13 Å². The zero-order valence-electron chi connectivity index (χ0n) is 21.8. The van der Waals surface area contributed by atoms with E-state index in [2.05, 4.69) is 18.8 Å². The number of nitrogens with zero attached hydrogens (tertiary/aromatic N) is 2. The van der Waals surface area contributed by atoms with Crippen LogP contribution >= 0.6 is 11.3 Å². The normalized spacial score (nSPS) is 17.0. The minimum absolute atomic E-state index is 0.0219. The minimum Gasteiger partial charge on any atom is -0.507 e. The summed E-state index contributed by atoms with van der Waals surface area (Å²) in [6, 6.07) is 17.5. The van der Waals surface area contributed by atoms with Crippen molar-refractivity contribution >= 4 is 44.1 Å². The van der Waals surface area contributed by atoms with Crippen LogP contribution in [0.25, 0.3) is 16.0 Å². The fourth-order valence-corrected chi connectivity index (χ4v) is 5.73. The average Bonchev–Trinajstić information content (AvgIpc) is 3.45. The van der Waals surface area contributed by atoms with Crippen molar-refractivity contribution in [2.75, 3.05) is 19.1 Å². The summed E-state index contributed by atoms with van der Waals surface area (Å²) in [6.45, 7) is 6.05. The number of aryl methyl sites for hydroxylation is 1. The monoisotopic (exact) mass is 528 g/mol. The smallest absolute Gasteiger partial charge is 0.301 e. The minimum atomic E-state index is -0.846. The molecule has 3 aromatic carbocycles. The van der Waals surface area contributed by atoms with Gasteiger partial charge in [-0.15, -0.1) is 0 Å². The van der Waals surface area contributed by atoms with Crippen molar-refractivity contribution in [2.45, 2.75) is 32.7 Å². The first kappa shape index (κ1) is 25.5. The molecule has 5 rings (SSSR count). The second-order valence-corrected chi connectivity index (χ2v) is 10.5. The first-order valence-corrected chi connectivity index (χ1v) is 13.1. The summed E-state index contributed by atoms with van der Waals surface area (Å²) >= 11 is 1.29. The number of rotatable bonds is 6. The maximum absolute atomic E-state index is 13.5. The highest BCUT2D eigenvalue weighted by Crippen LogP contribution is 2.45. The largest absolute Gasteiger partial charge is 0.507 e. The highest BCUT2D eigenvalue weighted by Gasteiger charge is 2.48. The van der Waals surface area contributed by atoms with Gasteiger partial charge in [-0.3, -0.25) is 14.5 Å². The zero-order chi connectivity index (χ0) is 27.1. The number of aliphatic hydroxyl groups is 1. The van der Waals surface area contributed by atoms with Gasteiger partial charge in [0.25, 0.3) is 5.78 Å². The predicted molar refractivity (Wildman–Crippen MR) is 149 cm³/mol. The lowest BCUT2D eigenvalue weighted by atomic mass is 9.93. The molecule has 1 fully saturated rings. The van der Waals surface area contributed by atoms with Gasteiger partial charge in [-0.25, -0.2) is 4.98 Å². The molecule has 1 aliphatic heterocycles. The zero-order valence-corrected chi connectivity index (χ0v) is 22.6. The van der Waals surface area contributed by atoms with E-state index in [1.807, 2.05) is 43.3 Å². The molecule has 1 aromatic heterocycles. The Hall–Kier alpha value is -4.17. The molecule has 194 valence electrons. The first-order chi connectivity index (χ1) is 18.2. The molecule has 0 spiro atoms. The number of Topliss-reactive ketones (excluding diaryl/α,β-unsaturated/α-hetero) is 1. The van der Waals surface area contributed by atoms with E-state index in [1.165, 1.54) is 16.2 Å². The van der Waals surface area contributed by atoms with Gasteiger partial charge >= 0.3 is 5.91 Å². The average molecular weight is 529 g/mol. The molecule has 1 saturated heterocycles. The molecule has 1 N–H and O–H groups in total. The van der Waals surface area contributed by atoms with E-state index in [4.69, 9.17) is 9.47 Å². The second kappa shape index (κ2) is 9.95. The Morgan fingerprint density at radius 1 is 1.00 bits per heavy atom. The number of hydrogen-bond donors (Lipinski definition) is 1. The molecular weight excluding hydrogens is 500 g/mol. The standard InChI is InChI=1S/C30H28N2O5S/c1-16(2)18-6-8-19(9-7-18)26-25(27(33)20-10-13-23(37-5)17(3)14-20)28(34)29(35)32(26)30-31-22-12-11-21(36-4)15-24(22)38-30/h6-16,26,33H,1-5H3/t26-/m0/s1. The molecule has 0 aliphatic carbocycles. The summed E-state index contributed by atoms with van der Waals surface area (Å²) < 4.78 is 11.5. The molecule has 0 bridgehead atoms. The highest BCUT2D eigenvalue weighted by molar-refractivity contribution is 7.22. The third kappa shape index (κ3) is 4.31. The fourth-order valence-electron chi connectivity index (χ4n) is 4.71. The molecule has 1 atom stereocenters. The molecule has 38 heavy (non-hydrogen) atoms. The van der Waals surface area contributed by atoms with Gasteiger partial charge in [-0.2, -0.15) is 0 Å². The van der Waals surface area contributed by atoms with E-state index in [9.17, 15) is 14.7 Å². The number of carbonyl (C=O) groups excluding carboxylic acids is 2. The molecule has 1 aliphatic rings. The van der Waals surface area contributed by atoms with E-state index in [-0.39, 0.29) is 11.3 Å². The molecular formula is C30H28N2O5S. The van der Waals surface area contributed by atoms with E-state index in [1.54, 1.807) is 38.5 Å². The van der Waals surface area contributed by atoms with Crippen LogP contribution in [-0.4, -0.2) is 36.0 Å². The van der Waals surface area contributed by atoms with Crippen LogP contribution in [-0.2, 0) is 9.59 Å². The van der Waals surface area contributed by atoms with Crippen molar-refractivity contribution in [3.63, 3.8) is 0 Å². The summed E-state index contributed by atoms with van der Waals surface area (Å²) in [7, 11) is 3.16. The number of thiazole rings is 1. The van der Waals surface area contributed by atoms with E-state index in [0.717, 1.165) is 15.8 Å². The quantitative estimate of drug-likeness (QED) is 0.178. The van der Waals surface area contributed by atoms with Gasteiger partial charge in [-0.05, 0) is 65.9 Å². The first-order valence-electron chi connectivity index (χ1n) is 12.2. The van der Waals surface area contributed by atoms with Crippen molar-refractivity contribution in [3.05, 3.63) is 88.5 Å². The number of benzene rings is 3. The van der Waals surface area contributed by atoms with Crippen molar-refractivity contribution in [3.8, 4) is 11.5 Å². The Labute approximate surface area is 225 Å². The van der Waals surface area contributed by atoms with E-state index < -0.39 is 17.7 Å². The topological polar surface area (TPSA) is 89.0 Å². The summed E-state index contributed by atoms with van der Waals surface area (Å²) in [6.07, 6.45) is 0. The summed E-state index contributed by atoms with van der Waals surface area (Å²) in [4.78, 5) is 33.1. The van der Waals surface area contributed by atoms with Crippen LogP contribution in [0.4, 0.5) is 5.13 Å². The number of amides is 1. The van der Waals surface area contributed by atoms with E-state index >= 15 is 0 Å². The van der Waals surface area contributed by atoms with Crippen molar-refractivity contribution in [1.29, 1.82) is 0 Å². The van der Waals surface area contributed by atoms with Crippen LogP contribution in [0.1, 0.15) is 48.1 Å². The number of aliphatic hydroxyl groups excluding tert-OH is 1. The molecule has 0 radical (unpaired) electrons. The number of carbonyl (C=O) groups is 2. The number of methoxy groups -OCH3 is 2. The predicted octanol–water partition coefficient (Wildman–Crippen LogP) is 6.37. The van der Waals surface area contributed by atoms with Crippen LogP contribution in [0.5, 0.6) is 11.5 Å². The van der Waals surface area contributed by atoms with Gasteiger partial charge in [0.2, 0.25) is 0 Å². The summed E-state index contributed by atoms with van der Waals surface area (Å²) in [5, 5.41) is 11.8. The third-order valence-electron chi connectivity index (χ3n) is 6.82. The molecule has 7 nitrogen and oxygen atoms in total. The van der Waals surface area contributed by atoms with Crippen molar-refractivity contribution in [1.82, 2.24) is 4.98 Å². The number of ketones is 1. The Balaban J connectivity index is 1.70. The number of fused-ring (bicyclic) bond motifs is 1. The Kier molecular flexibility index (Phi) is 6.67. The highest BCUT2D eigenvalue weighted by atomic mass is 32.1. The number of aromatic nitrogens is 1. The van der Waals surface area contributed by atoms with Gasteiger partial charge in [-0.1, -0.05) is 49.4 Å². The van der Waals surface area contributed by atoms with Gasteiger partial charge < -0.3 is 14.6 Å². The molecule has 2 heterocycles. The lowest BCUT2D eigenvalue weighted by molar-refractivity contribution is -0.132. The number of ether oxygens (including phenoxy) is 2. The van der Waals surface area contributed by atoms with Crippen LogP contribution in [0.3, 0.4) is 0 Å². The molecule has 8 heteroatoms. The molecule has 1 amide bonds. The van der Waals surface area contributed by atoms with Crippen LogP contribution in [0.2, 0.25) is 0 Å². The van der Waals surface area contributed by atoms with E-state index in [0.29, 0.717) is 39.2 Å². The third-order valence-corrected chi connectivity index (χ3v) is 7.84. The van der Waals surface area contributed by atoms with Gasteiger partial charge in [0.05, 0.1) is 36.1 Å². The summed E-state index contributed by atoms with van der Waals surface area (Å²) in [5.41, 5.74) is 3.77. The Morgan fingerprint density at radius 3 is 2.37 bits per heavy atom. The number of anilines is 1. The Bertz CT molecular complexity index is 1590. The maximum Gasteiger partial charge on any atom is 0.301 e. The van der Waals surface area contributed by atoms with Crippen LogP contribution in [0.15, 0.2) is 66.2 Å². The van der Waals surface area contributed by atoms with Crippen LogP contribution < -0.4 is 14.4 Å². The van der Waals surface area contributed by atoms with Gasteiger partial charge in [0, 0.05) is 5.56 Å². The maximum atomic E-state index is 13.5. The number of hydrogen-bond acceptors (Lipinski definition) is 7. The van der Waals surface area contributed by atoms with Gasteiger partial charge in [0.1, 0.15) is 17.3 Å². The summed E-state index contributed by atoms with van der Waals surface area (Å²) in [5.74, 6) is -0.0843. The van der Waals surface area contributed by atoms with Crippen molar-refractivity contribution in [2.24, 2.45) is 0 Å². The van der Waals surface area contributed by atoms with Crippen LogP contribution in [0, 0.1) is 6.92 Å². The Morgan fingerprint density at radius 2 is 1.74 bits per heavy atom.